The Balaban J connectivity index is 1.29. The molecule has 1 saturated heterocycles. The van der Waals surface area contributed by atoms with Gasteiger partial charge < -0.3 is 4.42 Å². The molecular formula is C20H24N8O. The number of fused-ring (bicyclic) bond motifs is 1. The molecule has 0 bridgehead atoms. The van der Waals surface area contributed by atoms with Crippen LogP contribution in [0.5, 0.6) is 0 Å². The summed E-state index contributed by atoms with van der Waals surface area (Å²) in [6, 6.07) is 5.72. The molecule has 0 unspecified atom stereocenters. The van der Waals surface area contributed by atoms with E-state index in [2.05, 4.69) is 39.0 Å². The first-order valence-corrected chi connectivity index (χ1v) is 10.1. The molecule has 5 heterocycles. The quantitative estimate of drug-likeness (QED) is 0.516. The maximum atomic E-state index is 5.86. The minimum absolute atomic E-state index is 0.331. The van der Waals surface area contributed by atoms with Crippen molar-refractivity contribution in [2.45, 2.75) is 45.1 Å². The summed E-state index contributed by atoms with van der Waals surface area (Å²) in [5.41, 5.74) is 0.763. The highest BCUT2D eigenvalue weighted by Gasteiger charge is 2.26. The van der Waals surface area contributed by atoms with E-state index in [-0.39, 0.29) is 0 Å². The first-order chi connectivity index (χ1) is 14.2. The summed E-state index contributed by atoms with van der Waals surface area (Å²) in [7, 11) is 0. The monoisotopic (exact) mass is 392 g/mol. The Hall–Kier alpha value is -3.07. The van der Waals surface area contributed by atoms with Gasteiger partial charge in [-0.1, -0.05) is 13.8 Å². The molecular weight excluding hydrogens is 368 g/mol. The van der Waals surface area contributed by atoms with E-state index in [1.54, 1.807) is 10.9 Å². The molecule has 0 aliphatic carbocycles. The molecule has 1 aliphatic heterocycles. The van der Waals surface area contributed by atoms with Crippen LogP contribution in [-0.2, 0) is 6.54 Å². The van der Waals surface area contributed by atoms with Crippen molar-refractivity contribution < 1.29 is 4.42 Å². The second-order valence-electron chi connectivity index (χ2n) is 7.83. The fourth-order valence-electron chi connectivity index (χ4n) is 3.78. The van der Waals surface area contributed by atoms with Crippen LogP contribution in [-0.4, -0.2) is 52.6 Å². The van der Waals surface area contributed by atoms with E-state index >= 15 is 0 Å². The lowest BCUT2D eigenvalue weighted by molar-refractivity contribution is 0.183. The average Bonchev–Trinajstić information content (AvgIpc) is 3.49. The van der Waals surface area contributed by atoms with Crippen LogP contribution in [0.1, 0.15) is 56.0 Å². The average molecular weight is 392 g/mol. The fourth-order valence-corrected chi connectivity index (χ4v) is 3.78. The summed E-state index contributed by atoms with van der Waals surface area (Å²) in [5, 5.41) is 17.7. The van der Waals surface area contributed by atoms with Gasteiger partial charge in [-0.3, -0.25) is 4.90 Å². The highest BCUT2D eigenvalue weighted by Crippen LogP contribution is 2.28. The smallest absolute Gasteiger partial charge is 0.208 e. The summed E-state index contributed by atoms with van der Waals surface area (Å²) in [4.78, 5) is 6.81. The number of hydrogen-bond acceptors (Lipinski definition) is 7. The number of aromatic nitrogens is 7. The Bertz CT molecular complexity index is 1090. The van der Waals surface area contributed by atoms with Crippen LogP contribution in [0.3, 0.4) is 0 Å². The largest absolute Gasteiger partial charge is 0.444 e. The van der Waals surface area contributed by atoms with Crippen LogP contribution in [0.25, 0.3) is 11.5 Å². The molecule has 0 N–H and O–H groups in total. The molecule has 0 amide bonds. The van der Waals surface area contributed by atoms with Crippen LogP contribution < -0.4 is 0 Å². The van der Waals surface area contributed by atoms with E-state index in [4.69, 9.17) is 9.52 Å². The standard InChI is InChI=1S/C20H24N8O/c1-14(2)16-12-21-19(29-16)13-26-10-6-15(7-11-26)20-24-23-17-4-5-18(25-28(17)20)27-9-3-8-22-27/h3-5,8-9,12,14-15H,6-7,10-11,13H2,1-2H3. The van der Waals surface area contributed by atoms with Gasteiger partial charge >= 0.3 is 0 Å². The lowest BCUT2D eigenvalue weighted by atomic mass is 9.96. The van der Waals surface area contributed by atoms with Gasteiger partial charge in [0.2, 0.25) is 5.89 Å². The molecule has 0 saturated carbocycles. The normalized spacial score (nSPS) is 16.2. The van der Waals surface area contributed by atoms with Crippen molar-refractivity contribution in [2.24, 2.45) is 0 Å². The number of piperidine rings is 1. The van der Waals surface area contributed by atoms with E-state index in [0.717, 1.165) is 61.4 Å². The van der Waals surface area contributed by atoms with Gasteiger partial charge in [0.15, 0.2) is 17.3 Å². The van der Waals surface area contributed by atoms with Gasteiger partial charge in [0.05, 0.1) is 12.7 Å². The lowest BCUT2D eigenvalue weighted by Gasteiger charge is -2.30. The van der Waals surface area contributed by atoms with Gasteiger partial charge in [-0.25, -0.2) is 9.67 Å². The van der Waals surface area contributed by atoms with E-state index in [9.17, 15) is 0 Å². The third-order valence-corrected chi connectivity index (χ3v) is 5.46. The van der Waals surface area contributed by atoms with Gasteiger partial charge in [0, 0.05) is 24.2 Å². The zero-order valence-corrected chi connectivity index (χ0v) is 16.6. The zero-order valence-electron chi connectivity index (χ0n) is 16.6. The maximum Gasteiger partial charge on any atom is 0.208 e. The van der Waals surface area contributed by atoms with E-state index in [1.807, 2.05) is 35.1 Å². The van der Waals surface area contributed by atoms with Crippen molar-refractivity contribution in [1.82, 2.24) is 39.5 Å². The molecule has 4 aromatic heterocycles. The predicted molar refractivity (Wildman–Crippen MR) is 106 cm³/mol. The molecule has 4 aromatic rings. The maximum absolute atomic E-state index is 5.86. The second kappa shape index (κ2) is 7.40. The first-order valence-electron chi connectivity index (χ1n) is 10.1. The van der Waals surface area contributed by atoms with Crippen molar-refractivity contribution in [3.63, 3.8) is 0 Å². The van der Waals surface area contributed by atoms with Crippen LogP contribution in [0.4, 0.5) is 0 Å². The van der Waals surface area contributed by atoms with Crippen molar-refractivity contribution in [3.05, 3.63) is 54.3 Å². The highest BCUT2D eigenvalue weighted by atomic mass is 16.4. The number of hydrogen-bond donors (Lipinski definition) is 0. The highest BCUT2D eigenvalue weighted by molar-refractivity contribution is 5.39. The Labute approximate surface area is 168 Å². The van der Waals surface area contributed by atoms with Crippen LogP contribution in [0.15, 0.2) is 41.2 Å². The van der Waals surface area contributed by atoms with Crippen LogP contribution in [0, 0.1) is 0 Å². The fraction of sp³-hybridized carbons (Fsp3) is 0.450. The number of oxazole rings is 1. The summed E-state index contributed by atoms with van der Waals surface area (Å²) < 4.78 is 9.46. The zero-order chi connectivity index (χ0) is 19.8. The summed E-state index contributed by atoms with van der Waals surface area (Å²) in [6.45, 7) is 6.92. The summed E-state index contributed by atoms with van der Waals surface area (Å²) in [5.74, 6) is 4.12. The Kier molecular flexibility index (Phi) is 4.59. The van der Waals surface area contributed by atoms with Crippen LogP contribution >= 0.6 is 0 Å². The lowest BCUT2D eigenvalue weighted by Crippen LogP contribution is -2.33. The molecule has 0 atom stereocenters. The van der Waals surface area contributed by atoms with Gasteiger partial charge in [-0.05, 0) is 44.1 Å². The summed E-state index contributed by atoms with van der Waals surface area (Å²) in [6.07, 6.45) is 7.48. The number of likely N-dealkylation sites (tertiary alicyclic amines) is 1. The molecule has 1 fully saturated rings. The molecule has 0 radical (unpaired) electrons. The van der Waals surface area contributed by atoms with Gasteiger partial charge in [-0.2, -0.15) is 9.61 Å². The Morgan fingerprint density at radius 3 is 2.76 bits per heavy atom. The topological polar surface area (TPSA) is 90.2 Å². The third kappa shape index (κ3) is 3.53. The minimum Gasteiger partial charge on any atom is -0.444 e. The van der Waals surface area contributed by atoms with E-state index in [1.165, 1.54) is 0 Å². The molecule has 5 rings (SSSR count). The molecule has 0 spiro atoms. The Morgan fingerprint density at radius 1 is 1.17 bits per heavy atom. The Morgan fingerprint density at radius 2 is 2.03 bits per heavy atom. The second-order valence-corrected chi connectivity index (χ2v) is 7.83. The van der Waals surface area contributed by atoms with Gasteiger partial charge in [-0.15, -0.1) is 15.3 Å². The minimum atomic E-state index is 0.331. The van der Waals surface area contributed by atoms with Gasteiger partial charge in [0.25, 0.3) is 0 Å². The molecule has 9 heteroatoms. The number of rotatable bonds is 5. The molecule has 0 aromatic carbocycles. The third-order valence-electron chi connectivity index (χ3n) is 5.46. The molecule has 150 valence electrons. The van der Waals surface area contributed by atoms with Crippen molar-refractivity contribution >= 4 is 5.65 Å². The molecule has 1 aliphatic rings. The van der Waals surface area contributed by atoms with Crippen molar-refractivity contribution in [2.75, 3.05) is 13.1 Å². The van der Waals surface area contributed by atoms with Crippen molar-refractivity contribution in [3.8, 4) is 5.82 Å². The van der Waals surface area contributed by atoms with Gasteiger partial charge in [0.1, 0.15) is 5.76 Å². The number of nitrogens with zero attached hydrogens (tertiary/aromatic N) is 8. The van der Waals surface area contributed by atoms with E-state index < -0.39 is 0 Å². The predicted octanol–water partition coefficient (Wildman–Crippen LogP) is 2.80. The first kappa shape index (κ1) is 18.0. The SMILES string of the molecule is CC(C)c1cnc(CN2CCC(c3nnc4ccc(-n5cccn5)nn34)CC2)o1. The molecule has 9 nitrogen and oxygen atoms in total. The van der Waals surface area contributed by atoms with Crippen molar-refractivity contribution in [1.29, 1.82) is 0 Å². The van der Waals surface area contributed by atoms with Crippen LogP contribution in [0.2, 0.25) is 0 Å². The summed E-state index contributed by atoms with van der Waals surface area (Å²) >= 11 is 0. The van der Waals surface area contributed by atoms with E-state index in [0.29, 0.717) is 11.8 Å². The molecule has 29 heavy (non-hydrogen) atoms.